The summed E-state index contributed by atoms with van der Waals surface area (Å²) in [6, 6.07) is 4.59. The molecular weight excluding hydrogens is 680 g/mol. The second-order valence-electron chi connectivity index (χ2n) is 11.3. The fourth-order valence-electron chi connectivity index (χ4n) is 5.34. The van der Waals surface area contributed by atoms with Gasteiger partial charge in [-0.25, -0.2) is 15.2 Å². The lowest BCUT2D eigenvalue weighted by Crippen LogP contribution is -2.52. The van der Waals surface area contributed by atoms with Crippen molar-refractivity contribution in [2.45, 2.75) is 56.9 Å². The molecule has 2 atom stereocenters. The lowest BCUT2D eigenvalue weighted by molar-refractivity contribution is -0.143. The highest BCUT2D eigenvalue weighted by molar-refractivity contribution is 6.01. The van der Waals surface area contributed by atoms with E-state index >= 15 is 0 Å². The van der Waals surface area contributed by atoms with Crippen LogP contribution in [0.4, 0.5) is 31.1 Å². The van der Waals surface area contributed by atoms with E-state index in [4.69, 9.17) is 10.5 Å². The SMILES string of the molecule is CCCCOCCCNC(=O)C1c2ccccc2C(=O)N(CCC(=O)N(CC(N)=O)NC(=O)OC)C1c1cc(C(F)(F)F)cc(C(F)(F)F)c1. The molecule has 0 aliphatic carbocycles. The van der Waals surface area contributed by atoms with Gasteiger partial charge in [0.25, 0.3) is 5.91 Å². The van der Waals surface area contributed by atoms with Crippen molar-refractivity contribution in [3.8, 4) is 0 Å². The van der Waals surface area contributed by atoms with Gasteiger partial charge < -0.3 is 25.4 Å². The summed E-state index contributed by atoms with van der Waals surface area (Å²) < 4.78 is 93.9. The average Bonchev–Trinajstić information content (AvgIpc) is 3.05. The van der Waals surface area contributed by atoms with Gasteiger partial charge >= 0.3 is 18.4 Å². The van der Waals surface area contributed by atoms with Gasteiger partial charge in [-0.2, -0.15) is 26.3 Å². The van der Waals surface area contributed by atoms with Crippen LogP contribution in [0.25, 0.3) is 0 Å². The van der Waals surface area contributed by atoms with Gasteiger partial charge in [0, 0.05) is 38.3 Å². The molecule has 0 saturated carbocycles. The lowest BCUT2D eigenvalue weighted by Gasteiger charge is -2.42. The molecular formula is C32H37F6N5O7. The maximum Gasteiger partial charge on any atom is 0.425 e. The van der Waals surface area contributed by atoms with Crippen molar-refractivity contribution in [1.82, 2.24) is 20.7 Å². The molecule has 0 spiro atoms. The number of unbranched alkanes of at least 4 members (excludes halogenated alkanes) is 1. The second-order valence-corrected chi connectivity index (χ2v) is 11.3. The summed E-state index contributed by atoms with van der Waals surface area (Å²) in [5.41, 5.74) is 3.06. The molecule has 2 aromatic carbocycles. The molecule has 50 heavy (non-hydrogen) atoms. The molecule has 1 heterocycles. The molecule has 2 aromatic rings. The average molecular weight is 718 g/mol. The Morgan fingerprint density at radius 3 is 2.16 bits per heavy atom. The van der Waals surface area contributed by atoms with Crippen LogP contribution in [0.1, 0.15) is 77.2 Å². The predicted octanol–water partition coefficient (Wildman–Crippen LogP) is 4.30. The van der Waals surface area contributed by atoms with Crippen LogP contribution < -0.4 is 16.5 Å². The molecule has 3 rings (SSSR count). The van der Waals surface area contributed by atoms with Gasteiger partial charge in [-0.3, -0.25) is 19.2 Å². The molecule has 12 nitrogen and oxygen atoms in total. The highest BCUT2D eigenvalue weighted by Gasteiger charge is 2.46. The first-order valence-corrected chi connectivity index (χ1v) is 15.5. The van der Waals surface area contributed by atoms with E-state index < -0.39 is 90.2 Å². The Kier molecular flexibility index (Phi) is 13.6. The van der Waals surface area contributed by atoms with E-state index in [1.54, 1.807) is 0 Å². The van der Waals surface area contributed by atoms with E-state index in [0.29, 0.717) is 30.2 Å². The normalized spacial score (nSPS) is 16.0. The van der Waals surface area contributed by atoms with E-state index in [9.17, 15) is 50.3 Å². The Morgan fingerprint density at radius 2 is 1.58 bits per heavy atom. The van der Waals surface area contributed by atoms with Crippen LogP contribution in [0, 0.1) is 0 Å². The van der Waals surface area contributed by atoms with Crippen molar-refractivity contribution in [2.24, 2.45) is 5.73 Å². The largest absolute Gasteiger partial charge is 0.452 e. The minimum atomic E-state index is -5.25. The number of nitrogens with two attached hydrogens (primary N) is 1. The standard InChI is InChI=1S/C32H37F6N5O7/c1-3-4-13-50-14-7-11-40-28(46)26-22-8-5-6-9-23(22)29(47)42(12-10-25(45)43(18-24(39)44)41-30(48)49-2)27(26)19-15-20(31(33,34)35)17-21(16-19)32(36,37)38/h5-6,8-9,15-17,26-27H,3-4,7,10-14,18H2,1-2H3,(H2,39,44)(H,40,46)(H,41,48). The first-order chi connectivity index (χ1) is 23.5. The maximum absolute atomic E-state index is 14.0. The number of hydrogen-bond acceptors (Lipinski definition) is 7. The number of carbonyl (C=O) groups is 5. The van der Waals surface area contributed by atoms with Gasteiger partial charge in [-0.15, -0.1) is 0 Å². The van der Waals surface area contributed by atoms with Crippen molar-refractivity contribution in [1.29, 1.82) is 0 Å². The van der Waals surface area contributed by atoms with E-state index in [-0.39, 0.29) is 30.3 Å². The van der Waals surface area contributed by atoms with Gasteiger partial charge in [-0.05, 0) is 48.2 Å². The van der Waals surface area contributed by atoms with Gasteiger partial charge in [0.15, 0.2) is 0 Å². The van der Waals surface area contributed by atoms with E-state index in [1.165, 1.54) is 24.3 Å². The molecule has 5 amide bonds. The first kappa shape index (κ1) is 39.6. The van der Waals surface area contributed by atoms with Crippen molar-refractivity contribution in [3.63, 3.8) is 0 Å². The Balaban J connectivity index is 2.13. The minimum absolute atomic E-state index is 0.0282. The third-order valence-electron chi connectivity index (χ3n) is 7.67. The molecule has 274 valence electrons. The minimum Gasteiger partial charge on any atom is -0.452 e. The number of rotatable bonds is 14. The number of halogens is 6. The van der Waals surface area contributed by atoms with E-state index in [1.807, 2.05) is 12.3 Å². The first-order valence-electron chi connectivity index (χ1n) is 15.5. The molecule has 4 N–H and O–H groups in total. The number of methoxy groups -OCH3 is 1. The van der Waals surface area contributed by atoms with Gasteiger partial charge in [0.2, 0.25) is 17.7 Å². The highest BCUT2D eigenvalue weighted by Crippen LogP contribution is 2.46. The zero-order valence-corrected chi connectivity index (χ0v) is 27.2. The molecule has 0 fully saturated rings. The number of amides is 5. The van der Waals surface area contributed by atoms with E-state index in [0.717, 1.165) is 24.9 Å². The molecule has 2 unspecified atom stereocenters. The van der Waals surface area contributed by atoms with E-state index in [2.05, 4.69) is 10.1 Å². The molecule has 0 saturated heterocycles. The number of hydrogen-bond donors (Lipinski definition) is 3. The topological polar surface area (TPSA) is 160 Å². The Hall–Kier alpha value is -4.87. The Labute approximate surface area is 283 Å². The molecule has 1 aliphatic rings. The van der Waals surface area contributed by atoms with Crippen molar-refractivity contribution in [3.05, 3.63) is 70.3 Å². The summed E-state index contributed by atoms with van der Waals surface area (Å²) >= 11 is 0. The third kappa shape index (κ3) is 10.3. The number of nitrogens with zero attached hydrogens (tertiary/aromatic N) is 2. The van der Waals surface area contributed by atoms with Crippen LogP contribution in [-0.4, -0.2) is 79.6 Å². The maximum atomic E-state index is 14.0. The second kappa shape index (κ2) is 17.2. The van der Waals surface area contributed by atoms with Crippen LogP contribution >= 0.6 is 0 Å². The van der Waals surface area contributed by atoms with Gasteiger partial charge in [0.05, 0.1) is 30.2 Å². The van der Waals surface area contributed by atoms with Crippen LogP contribution in [-0.2, 0) is 36.2 Å². The Morgan fingerprint density at radius 1 is 0.960 bits per heavy atom. The summed E-state index contributed by atoms with van der Waals surface area (Å²) in [6.45, 7) is 1.24. The number of primary amides is 1. The van der Waals surface area contributed by atoms with Gasteiger partial charge in [-0.1, -0.05) is 31.5 Å². The molecule has 0 bridgehead atoms. The predicted molar refractivity (Wildman–Crippen MR) is 164 cm³/mol. The summed E-state index contributed by atoms with van der Waals surface area (Å²) in [5, 5.41) is 3.13. The van der Waals surface area contributed by atoms with Crippen molar-refractivity contribution >= 4 is 29.7 Å². The smallest absolute Gasteiger partial charge is 0.425 e. The number of alkyl halides is 6. The number of nitrogens with one attached hydrogen (secondary N) is 2. The fraction of sp³-hybridized carbons (Fsp3) is 0.469. The summed E-state index contributed by atoms with van der Waals surface area (Å²) in [5.74, 6) is -5.34. The molecule has 18 heteroatoms. The molecule has 1 aliphatic heterocycles. The summed E-state index contributed by atoms with van der Waals surface area (Å²) in [4.78, 5) is 65.2. The quantitative estimate of drug-likeness (QED) is 0.149. The van der Waals surface area contributed by atoms with Crippen molar-refractivity contribution in [2.75, 3.05) is 40.0 Å². The number of fused-ring (bicyclic) bond motifs is 1. The fourth-order valence-corrected chi connectivity index (χ4v) is 5.34. The number of benzene rings is 2. The lowest BCUT2D eigenvalue weighted by atomic mass is 9.78. The number of ether oxygens (including phenoxy) is 2. The van der Waals surface area contributed by atoms with Gasteiger partial charge in [0.1, 0.15) is 6.54 Å². The zero-order valence-electron chi connectivity index (χ0n) is 27.2. The number of hydrazine groups is 1. The van der Waals surface area contributed by atoms with Crippen LogP contribution in [0.2, 0.25) is 0 Å². The monoisotopic (exact) mass is 717 g/mol. The summed E-state index contributed by atoms with van der Waals surface area (Å²) in [6.07, 6.45) is -10.4. The molecule has 0 radical (unpaired) electrons. The third-order valence-corrected chi connectivity index (χ3v) is 7.67. The van der Waals surface area contributed by atoms with Crippen LogP contribution in [0.15, 0.2) is 42.5 Å². The van der Waals surface area contributed by atoms with Crippen LogP contribution in [0.5, 0.6) is 0 Å². The van der Waals surface area contributed by atoms with Crippen LogP contribution in [0.3, 0.4) is 0 Å². The number of carbonyl (C=O) groups excluding carboxylic acids is 5. The zero-order chi connectivity index (χ0) is 37.2. The summed E-state index contributed by atoms with van der Waals surface area (Å²) in [7, 11) is 0.964. The Bertz CT molecular complexity index is 1520. The molecule has 0 aromatic heterocycles. The van der Waals surface area contributed by atoms with Crippen molar-refractivity contribution < 1.29 is 59.8 Å². The highest BCUT2D eigenvalue weighted by atomic mass is 19.4.